The zero-order chi connectivity index (χ0) is 17.2. The molecule has 0 radical (unpaired) electrons. The van der Waals surface area contributed by atoms with Gasteiger partial charge in [-0.1, -0.05) is 30.3 Å². The Hall–Kier alpha value is -2.57. The van der Waals surface area contributed by atoms with Crippen LogP contribution in [0.1, 0.15) is 26.3 Å². The Labute approximate surface area is 134 Å². The van der Waals surface area contributed by atoms with Crippen LogP contribution in [0.15, 0.2) is 30.3 Å². The van der Waals surface area contributed by atoms with E-state index in [9.17, 15) is 19.5 Å². The number of carbonyl (C=O) groups excluding carboxylic acids is 2. The first kappa shape index (κ1) is 16.8. The summed E-state index contributed by atoms with van der Waals surface area (Å²) in [6.45, 7) is 5.26. The second-order valence-corrected chi connectivity index (χ2v) is 6.33. The molecular weight excluding hydrogens is 300 g/mol. The Bertz CT molecular complexity index is 609. The van der Waals surface area contributed by atoms with Gasteiger partial charge in [-0.25, -0.2) is 19.3 Å². The van der Waals surface area contributed by atoms with Crippen molar-refractivity contribution in [3.05, 3.63) is 35.9 Å². The molecule has 1 atom stereocenters. The molecule has 1 fully saturated rings. The lowest BCUT2D eigenvalue weighted by molar-refractivity contribution is -0.141. The van der Waals surface area contributed by atoms with Crippen molar-refractivity contribution in [2.75, 3.05) is 6.54 Å². The number of hydrogen-bond donors (Lipinski definition) is 1. The number of hydrogen-bond acceptors (Lipinski definition) is 4. The molecule has 0 aromatic heterocycles. The number of aliphatic carboxylic acids is 1. The molecule has 0 aliphatic carbocycles. The third kappa shape index (κ3) is 3.61. The second kappa shape index (κ2) is 6.28. The van der Waals surface area contributed by atoms with E-state index in [1.54, 1.807) is 45.0 Å². The first-order chi connectivity index (χ1) is 10.7. The van der Waals surface area contributed by atoms with Crippen molar-refractivity contribution in [3.8, 4) is 0 Å². The topological polar surface area (TPSA) is 87.2 Å². The van der Waals surface area contributed by atoms with E-state index in [1.165, 1.54) is 4.90 Å². The number of benzene rings is 1. The zero-order valence-corrected chi connectivity index (χ0v) is 13.4. The highest BCUT2D eigenvalue weighted by atomic mass is 16.6. The third-order valence-corrected chi connectivity index (χ3v) is 3.60. The maximum absolute atomic E-state index is 12.4. The minimum atomic E-state index is -1.25. The van der Waals surface area contributed by atoms with Crippen LogP contribution in [0.25, 0.3) is 0 Å². The Morgan fingerprint density at radius 3 is 2.39 bits per heavy atom. The van der Waals surface area contributed by atoms with Gasteiger partial charge in [0.25, 0.3) is 0 Å². The second-order valence-electron chi connectivity index (χ2n) is 6.33. The lowest BCUT2D eigenvalue weighted by atomic mass is 10.1. The predicted octanol–water partition coefficient (Wildman–Crippen LogP) is 2.31. The van der Waals surface area contributed by atoms with Gasteiger partial charge in [-0.3, -0.25) is 0 Å². The number of imide groups is 1. The summed E-state index contributed by atoms with van der Waals surface area (Å²) in [5.41, 5.74) is 0.172. The Kier molecular flexibility index (Phi) is 4.58. The van der Waals surface area contributed by atoms with E-state index in [4.69, 9.17) is 4.74 Å². The molecule has 0 saturated carbocycles. The fourth-order valence-electron chi connectivity index (χ4n) is 2.34. The van der Waals surface area contributed by atoms with Crippen LogP contribution in [0, 0.1) is 0 Å². The number of carbonyl (C=O) groups is 3. The van der Waals surface area contributed by atoms with Crippen LogP contribution in [-0.2, 0) is 16.1 Å². The van der Waals surface area contributed by atoms with Gasteiger partial charge in [-0.2, -0.15) is 0 Å². The molecule has 124 valence electrons. The zero-order valence-electron chi connectivity index (χ0n) is 13.4. The smallest absolute Gasteiger partial charge is 0.419 e. The Balaban J connectivity index is 2.13. The molecule has 2 rings (SSSR count). The highest BCUT2D eigenvalue weighted by Gasteiger charge is 2.49. The number of urea groups is 1. The first-order valence-corrected chi connectivity index (χ1v) is 7.26. The quantitative estimate of drug-likeness (QED) is 0.923. The lowest BCUT2D eigenvalue weighted by Gasteiger charge is -2.30. The van der Waals surface area contributed by atoms with Crippen molar-refractivity contribution in [3.63, 3.8) is 0 Å². The molecule has 1 aliphatic heterocycles. The van der Waals surface area contributed by atoms with Gasteiger partial charge in [-0.05, 0) is 26.3 Å². The molecule has 23 heavy (non-hydrogen) atoms. The van der Waals surface area contributed by atoms with E-state index < -0.39 is 29.7 Å². The van der Waals surface area contributed by atoms with Crippen molar-refractivity contribution in [2.24, 2.45) is 0 Å². The lowest BCUT2D eigenvalue weighted by Crippen LogP contribution is -2.46. The summed E-state index contributed by atoms with van der Waals surface area (Å²) in [5, 5.41) is 9.29. The van der Waals surface area contributed by atoms with E-state index in [0.29, 0.717) is 4.90 Å². The SMILES string of the molecule is CC(C)(C)N1C[C@@H](C(=O)O)N(C(=O)OCc2ccccc2)C1=O. The van der Waals surface area contributed by atoms with Gasteiger partial charge in [0, 0.05) is 5.54 Å². The van der Waals surface area contributed by atoms with Crippen molar-refractivity contribution < 1.29 is 24.2 Å². The van der Waals surface area contributed by atoms with E-state index in [-0.39, 0.29) is 13.2 Å². The van der Waals surface area contributed by atoms with Crippen molar-refractivity contribution in [1.82, 2.24) is 9.80 Å². The van der Waals surface area contributed by atoms with Crippen molar-refractivity contribution in [2.45, 2.75) is 39.0 Å². The normalized spacial score (nSPS) is 18.2. The summed E-state index contributed by atoms with van der Waals surface area (Å²) in [6.07, 6.45) is -0.946. The van der Waals surface area contributed by atoms with E-state index in [0.717, 1.165) is 5.56 Å². The molecule has 0 unspecified atom stereocenters. The minimum absolute atomic E-state index is 0.0225. The van der Waals surface area contributed by atoms with Gasteiger partial charge in [-0.15, -0.1) is 0 Å². The number of nitrogens with zero attached hydrogens (tertiary/aromatic N) is 2. The average molecular weight is 320 g/mol. The molecule has 1 heterocycles. The van der Waals surface area contributed by atoms with Crippen LogP contribution in [0.2, 0.25) is 0 Å². The molecule has 7 nitrogen and oxygen atoms in total. The number of carboxylic acids is 1. The molecule has 1 aromatic rings. The molecule has 1 aromatic carbocycles. The number of rotatable bonds is 3. The van der Waals surface area contributed by atoms with Crippen LogP contribution in [-0.4, -0.2) is 51.1 Å². The van der Waals surface area contributed by atoms with E-state index in [2.05, 4.69) is 0 Å². The summed E-state index contributed by atoms with van der Waals surface area (Å²) >= 11 is 0. The maximum Gasteiger partial charge on any atom is 0.419 e. The number of ether oxygens (including phenoxy) is 1. The monoisotopic (exact) mass is 320 g/mol. The molecule has 3 amide bonds. The van der Waals surface area contributed by atoms with Gasteiger partial charge >= 0.3 is 18.1 Å². The van der Waals surface area contributed by atoms with Gasteiger partial charge < -0.3 is 14.7 Å². The summed E-state index contributed by atoms with van der Waals surface area (Å²) in [6, 6.07) is 7.08. The van der Waals surface area contributed by atoms with Crippen LogP contribution in [0.4, 0.5) is 9.59 Å². The van der Waals surface area contributed by atoms with E-state index >= 15 is 0 Å². The number of amides is 3. The standard InChI is InChI=1S/C16H20N2O5/c1-16(2,3)17-9-12(13(19)20)18(14(17)21)15(22)23-10-11-7-5-4-6-8-11/h4-8,12H,9-10H2,1-3H3,(H,19,20)/t12-/m0/s1. The molecular formula is C16H20N2O5. The van der Waals surface area contributed by atoms with Gasteiger partial charge in [0.2, 0.25) is 0 Å². The molecule has 1 aliphatic rings. The molecule has 1 N–H and O–H groups in total. The largest absolute Gasteiger partial charge is 0.480 e. The van der Waals surface area contributed by atoms with Gasteiger partial charge in [0.1, 0.15) is 6.61 Å². The highest BCUT2D eigenvalue weighted by molar-refractivity contribution is 5.98. The van der Waals surface area contributed by atoms with Gasteiger partial charge in [0.15, 0.2) is 6.04 Å². The first-order valence-electron chi connectivity index (χ1n) is 7.26. The fourth-order valence-corrected chi connectivity index (χ4v) is 2.34. The summed E-state index contributed by atoms with van der Waals surface area (Å²) in [4.78, 5) is 38.0. The van der Waals surface area contributed by atoms with Crippen LogP contribution in [0.3, 0.4) is 0 Å². The average Bonchev–Trinajstić information content (AvgIpc) is 2.84. The van der Waals surface area contributed by atoms with E-state index in [1.807, 2.05) is 6.07 Å². The van der Waals surface area contributed by atoms with Crippen LogP contribution >= 0.6 is 0 Å². The maximum atomic E-state index is 12.4. The molecule has 1 saturated heterocycles. The third-order valence-electron chi connectivity index (χ3n) is 3.60. The van der Waals surface area contributed by atoms with Crippen LogP contribution < -0.4 is 0 Å². The molecule has 0 spiro atoms. The fraction of sp³-hybridized carbons (Fsp3) is 0.438. The summed E-state index contributed by atoms with van der Waals surface area (Å²) < 4.78 is 5.10. The summed E-state index contributed by atoms with van der Waals surface area (Å²) in [7, 11) is 0. The predicted molar refractivity (Wildman–Crippen MR) is 81.7 cm³/mol. The van der Waals surface area contributed by atoms with Gasteiger partial charge in [0.05, 0.1) is 6.54 Å². The van der Waals surface area contributed by atoms with Crippen molar-refractivity contribution in [1.29, 1.82) is 0 Å². The minimum Gasteiger partial charge on any atom is -0.480 e. The van der Waals surface area contributed by atoms with Crippen LogP contribution in [0.5, 0.6) is 0 Å². The Morgan fingerprint density at radius 1 is 1.26 bits per heavy atom. The number of carboxylic acid groups (broad SMARTS) is 1. The molecule has 0 bridgehead atoms. The highest BCUT2D eigenvalue weighted by Crippen LogP contribution is 2.25. The Morgan fingerprint density at radius 2 is 1.87 bits per heavy atom. The van der Waals surface area contributed by atoms with Crippen molar-refractivity contribution >= 4 is 18.1 Å². The molecule has 7 heteroatoms. The summed E-state index contributed by atoms with van der Waals surface area (Å²) in [5.74, 6) is -1.23.